The van der Waals surface area contributed by atoms with E-state index in [0.717, 1.165) is 29.0 Å². The van der Waals surface area contributed by atoms with Crippen LogP contribution in [0.1, 0.15) is 25.1 Å². The molecule has 0 radical (unpaired) electrons. The Morgan fingerprint density at radius 1 is 1.32 bits per heavy atom. The molecule has 0 amide bonds. The fourth-order valence-electron chi connectivity index (χ4n) is 1.79. The fourth-order valence-corrected chi connectivity index (χ4v) is 3.36. The van der Waals surface area contributed by atoms with Gasteiger partial charge in [-0.2, -0.15) is 0 Å². The normalized spacial score (nSPS) is 12.5. The van der Waals surface area contributed by atoms with Gasteiger partial charge in [0.15, 0.2) is 0 Å². The Hall–Kier alpha value is -0.710. The van der Waals surface area contributed by atoms with Crippen molar-refractivity contribution in [2.45, 2.75) is 24.3 Å². The molecule has 2 aromatic rings. The highest BCUT2D eigenvalue weighted by atomic mass is 79.9. The first-order valence-corrected chi connectivity index (χ1v) is 8.22. The topological polar surface area (TPSA) is 25.2 Å². The molecule has 1 aromatic carbocycles. The van der Waals surface area contributed by atoms with Gasteiger partial charge in [0.1, 0.15) is 5.76 Å². The van der Waals surface area contributed by atoms with Crippen LogP contribution in [0.15, 0.2) is 56.4 Å². The molecule has 0 saturated carbocycles. The summed E-state index contributed by atoms with van der Waals surface area (Å²) >= 11 is 5.34. The SMILES string of the molecule is CCCNC(CSc1cccc(Br)c1)c1ccco1. The molecule has 0 spiro atoms. The molecular weight excluding hydrogens is 322 g/mol. The summed E-state index contributed by atoms with van der Waals surface area (Å²) in [6.07, 6.45) is 2.86. The number of furan rings is 1. The van der Waals surface area contributed by atoms with Crippen molar-refractivity contribution in [2.75, 3.05) is 12.3 Å². The second-order valence-electron chi connectivity index (χ2n) is 4.29. The first-order valence-electron chi connectivity index (χ1n) is 6.44. The van der Waals surface area contributed by atoms with Crippen LogP contribution in [0.4, 0.5) is 0 Å². The van der Waals surface area contributed by atoms with Gasteiger partial charge in [0.25, 0.3) is 0 Å². The molecule has 1 unspecified atom stereocenters. The van der Waals surface area contributed by atoms with E-state index in [2.05, 4.69) is 46.4 Å². The second-order valence-corrected chi connectivity index (χ2v) is 6.30. The maximum Gasteiger partial charge on any atom is 0.121 e. The number of hydrogen-bond donors (Lipinski definition) is 1. The van der Waals surface area contributed by atoms with Crippen molar-refractivity contribution < 1.29 is 4.42 Å². The smallest absolute Gasteiger partial charge is 0.121 e. The van der Waals surface area contributed by atoms with E-state index in [1.165, 1.54) is 4.90 Å². The molecule has 4 heteroatoms. The zero-order chi connectivity index (χ0) is 13.5. The summed E-state index contributed by atoms with van der Waals surface area (Å²) in [6, 6.07) is 12.6. The zero-order valence-electron chi connectivity index (χ0n) is 10.9. The van der Waals surface area contributed by atoms with Crippen molar-refractivity contribution in [3.8, 4) is 0 Å². The van der Waals surface area contributed by atoms with Crippen LogP contribution in [-0.4, -0.2) is 12.3 Å². The predicted octanol–water partition coefficient (Wildman–Crippen LogP) is 4.88. The van der Waals surface area contributed by atoms with Crippen molar-refractivity contribution in [3.63, 3.8) is 0 Å². The van der Waals surface area contributed by atoms with Crippen LogP contribution in [0.25, 0.3) is 0 Å². The number of rotatable bonds is 7. The van der Waals surface area contributed by atoms with E-state index in [-0.39, 0.29) is 6.04 Å². The molecule has 1 atom stereocenters. The molecule has 102 valence electrons. The average Bonchev–Trinajstić information content (AvgIpc) is 2.93. The Morgan fingerprint density at radius 3 is 2.89 bits per heavy atom. The van der Waals surface area contributed by atoms with E-state index in [1.807, 2.05) is 30.0 Å². The molecule has 19 heavy (non-hydrogen) atoms. The third-order valence-electron chi connectivity index (χ3n) is 2.74. The molecule has 0 aliphatic rings. The number of thioether (sulfide) groups is 1. The lowest BCUT2D eigenvalue weighted by Gasteiger charge is -2.15. The Balaban J connectivity index is 1.96. The van der Waals surface area contributed by atoms with Crippen molar-refractivity contribution in [2.24, 2.45) is 0 Å². The first kappa shape index (κ1) is 14.7. The van der Waals surface area contributed by atoms with Crippen LogP contribution in [0.5, 0.6) is 0 Å². The van der Waals surface area contributed by atoms with Crippen molar-refractivity contribution in [1.82, 2.24) is 5.32 Å². The minimum Gasteiger partial charge on any atom is -0.468 e. The molecule has 0 aliphatic carbocycles. The second kappa shape index (κ2) is 7.78. The first-order chi connectivity index (χ1) is 9.29. The zero-order valence-corrected chi connectivity index (χ0v) is 13.3. The highest BCUT2D eigenvalue weighted by Crippen LogP contribution is 2.27. The summed E-state index contributed by atoms with van der Waals surface area (Å²) in [7, 11) is 0. The predicted molar refractivity (Wildman–Crippen MR) is 84.6 cm³/mol. The molecule has 2 rings (SSSR count). The molecule has 0 saturated heterocycles. The molecule has 1 heterocycles. The fraction of sp³-hybridized carbons (Fsp3) is 0.333. The number of hydrogen-bond acceptors (Lipinski definition) is 3. The summed E-state index contributed by atoms with van der Waals surface area (Å²) < 4.78 is 6.64. The summed E-state index contributed by atoms with van der Waals surface area (Å²) in [5, 5.41) is 3.53. The largest absolute Gasteiger partial charge is 0.468 e. The van der Waals surface area contributed by atoms with Gasteiger partial charge in [0.05, 0.1) is 12.3 Å². The molecule has 0 fully saturated rings. The van der Waals surface area contributed by atoms with Gasteiger partial charge in [-0.25, -0.2) is 0 Å². The van der Waals surface area contributed by atoms with Gasteiger partial charge < -0.3 is 9.73 Å². The third-order valence-corrected chi connectivity index (χ3v) is 4.32. The Bertz CT molecular complexity index is 487. The van der Waals surface area contributed by atoms with Gasteiger partial charge in [-0.15, -0.1) is 11.8 Å². The molecule has 2 nitrogen and oxygen atoms in total. The van der Waals surface area contributed by atoms with E-state index in [4.69, 9.17) is 4.42 Å². The quantitative estimate of drug-likeness (QED) is 0.728. The van der Waals surface area contributed by atoms with Crippen LogP contribution < -0.4 is 5.32 Å². The van der Waals surface area contributed by atoms with Crippen LogP contribution in [0.2, 0.25) is 0 Å². The van der Waals surface area contributed by atoms with Crippen LogP contribution in [-0.2, 0) is 0 Å². The summed E-state index contributed by atoms with van der Waals surface area (Å²) in [5.74, 6) is 1.97. The van der Waals surface area contributed by atoms with E-state index in [0.29, 0.717) is 0 Å². The molecule has 1 aromatic heterocycles. The lowest BCUT2D eigenvalue weighted by molar-refractivity contribution is 0.435. The summed E-state index contributed by atoms with van der Waals surface area (Å²) in [6.45, 7) is 3.18. The Labute approximate surface area is 127 Å². The minimum absolute atomic E-state index is 0.263. The van der Waals surface area contributed by atoms with Gasteiger partial charge in [-0.3, -0.25) is 0 Å². The molecule has 1 N–H and O–H groups in total. The third kappa shape index (κ3) is 4.71. The average molecular weight is 340 g/mol. The van der Waals surface area contributed by atoms with Crippen LogP contribution in [0, 0.1) is 0 Å². The maximum atomic E-state index is 5.52. The van der Waals surface area contributed by atoms with Gasteiger partial charge in [0.2, 0.25) is 0 Å². The lowest BCUT2D eigenvalue weighted by Crippen LogP contribution is -2.23. The van der Waals surface area contributed by atoms with Crippen LogP contribution in [0.3, 0.4) is 0 Å². The Kier molecular flexibility index (Phi) is 6.01. The van der Waals surface area contributed by atoms with Crippen molar-refractivity contribution in [3.05, 3.63) is 52.9 Å². The highest BCUT2D eigenvalue weighted by molar-refractivity contribution is 9.10. The molecular formula is C15H18BrNOS. The lowest BCUT2D eigenvalue weighted by atomic mass is 10.2. The van der Waals surface area contributed by atoms with Gasteiger partial charge in [-0.1, -0.05) is 28.9 Å². The summed E-state index contributed by atoms with van der Waals surface area (Å²) in [5.41, 5.74) is 0. The van der Waals surface area contributed by atoms with E-state index in [9.17, 15) is 0 Å². The number of nitrogens with one attached hydrogen (secondary N) is 1. The van der Waals surface area contributed by atoms with Gasteiger partial charge in [-0.05, 0) is 43.3 Å². The van der Waals surface area contributed by atoms with Crippen molar-refractivity contribution in [1.29, 1.82) is 0 Å². The van der Waals surface area contributed by atoms with Crippen molar-refractivity contribution >= 4 is 27.7 Å². The highest BCUT2D eigenvalue weighted by Gasteiger charge is 2.13. The minimum atomic E-state index is 0.263. The van der Waals surface area contributed by atoms with Gasteiger partial charge >= 0.3 is 0 Å². The maximum absolute atomic E-state index is 5.52. The molecule has 0 aliphatic heterocycles. The summed E-state index contributed by atoms with van der Waals surface area (Å²) in [4.78, 5) is 1.27. The number of benzene rings is 1. The van der Waals surface area contributed by atoms with E-state index >= 15 is 0 Å². The van der Waals surface area contributed by atoms with Gasteiger partial charge in [0, 0.05) is 15.1 Å². The van der Waals surface area contributed by atoms with E-state index < -0.39 is 0 Å². The standard InChI is InChI=1S/C15H18BrNOS/c1-2-8-17-14(15-7-4-9-18-15)11-19-13-6-3-5-12(16)10-13/h3-7,9-10,14,17H,2,8,11H2,1H3. The monoisotopic (exact) mass is 339 g/mol. The van der Waals surface area contributed by atoms with E-state index in [1.54, 1.807) is 6.26 Å². The Morgan fingerprint density at radius 2 is 2.21 bits per heavy atom. The van der Waals surface area contributed by atoms with Crippen LogP contribution >= 0.6 is 27.7 Å². The number of halogens is 1. The molecule has 0 bridgehead atoms.